The molecule has 27 heavy (non-hydrogen) atoms. The number of hydrogen-bond acceptors (Lipinski definition) is 3. The molecule has 0 saturated carbocycles. The molecule has 0 spiro atoms. The Hall–Kier alpha value is -0.930. The highest BCUT2D eigenvalue weighted by molar-refractivity contribution is 14.0. The first-order chi connectivity index (χ1) is 12.7. The van der Waals surface area contributed by atoms with Crippen molar-refractivity contribution >= 4 is 29.9 Å². The molecule has 2 N–H and O–H groups in total. The van der Waals surface area contributed by atoms with Crippen molar-refractivity contribution in [3.05, 3.63) is 35.6 Å². The Morgan fingerprint density at radius 3 is 2.74 bits per heavy atom. The summed E-state index contributed by atoms with van der Waals surface area (Å²) in [6.07, 6.45) is 2.96. The molecule has 1 fully saturated rings. The van der Waals surface area contributed by atoms with Gasteiger partial charge in [0.05, 0.1) is 0 Å². The predicted molar refractivity (Wildman–Crippen MR) is 123 cm³/mol. The van der Waals surface area contributed by atoms with Crippen molar-refractivity contribution in [3.8, 4) is 0 Å². The van der Waals surface area contributed by atoms with Crippen LogP contribution in [0.3, 0.4) is 0 Å². The van der Waals surface area contributed by atoms with E-state index in [0.29, 0.717) is 13.0 Å². The molecule has 0 unspecified atom stereocenters. The average Bonchev–Trinajstić information content (AvgIpc) is 2.84. The number of benzene rings is 1. The van der Waals surface area contributed by atoms with Gasteiger partial charge in [-0.1, -0.05) is 18.2 Å². The number of rotatable bonds is 8. The van der Waals surface area contributed by atoms with Crippen molar-refractivity contribution in [1.82, 2.24) is 20.4 Å². The molecular weight excluding hydrogens is 456 g/mol. The van der Waals surface area contributed by atoms with Crippen molar-refractivity contribution in [2.24, 2.45) is 4.99 Å². The van der Waals surface area contributed by atoms with Crippen LogP contribution in [0.25, 0.3) is 0 Å². The fraction of sp³-hybridized carbons (Fsp3) is 0.650. The van der Waals surface area contributed by atoms with Crippen LogP contribution in [0, 0.1) is 5.82 Å². The van der Waals surface area contributed by atoms with Gasteiger partial charge >= 0.3 is 0 Å². The highest BCUT2D eigenvalue weighted by Gasteiger charge is 2.11. The summed E-state index contributed by atoms with van der Waals surface area (Å²) in [6, 6.07) is 6.94. The molecule has 0 aromatic heterocycles. The van der Waals surface area contributed by atoms with Gasteiger partial charge in [-0.15, -0.1) is 24.0 Å². The minimum atomic E-state index is -0.140. The minimum Gasteiger partial charge on any atom is -0.357 e. The summed E-state index contributed by atoms with van der Waals surface area (Å²) >= 11 is 0. The van der Waals surface area contributed by atoms with Gasteiger partial charge < -0.3 is 20.4 Å². The van der Waals surface area contributed by atoms with E-state index >= 15 is 0 Å². The molecule has 0 aliphatic carbocycles. The fourth-order valence-electron chi connectivity index (χ4n) is 3.17. The lowest BCUT2D eigenvalue weighted by atomic mass is 10.1. The summed E-state index contributed by atoms with van der Waals surface area (Å²) in [7, 11) is 2.20. The Labute approximate surface area is 180 Å². The van der Waals surface area contributed by atoms with Crippen LogP contribution in [-0.4, -0.2) is 75.2 Å². The van der Waals surface area contributed by atoms with Gasteiger partial charge in [-0.05, 0) is 64.5 Å². The van der Waals surface area contributed by atoms with Crippen LogP contribution >= 0.6 is 24.0 Å². The van der Waals surface area contributed by atoms with E-state index in [-0.39, 0.29) is 29.8 Å². The molecule has 1 aromatic carbocycles. The van der Waals surface area contributed by atoms with Gasteiger partial charge in [0.15, 0.2) is 5.96 Å². The number of likely N-dealkylation sites (N-methyl/N-ethyl adjacent to an activating group) is 1. The first-order valence-corrected chi connectivity index (χ1v) is 9.85. The van der Waals surface area contributed by atoms with Crippen LogP contribution in [0.2, 0.25) is 0 Å². The number of nitrogens with one attached hydrogen (secondary N) is 2. The normalized spacial score (nSPS) is 16.5. The maximum Gasteiger partial charge on any atom is 0.191 e. The van der Waals surface area contributed by atoms with Crippen LogP contribution in [-0.2, 0) is 6.42 Å². The van der Waals surface area contributed by atoms with E-state index in [4.69, 9.17) is 0 Å². The van der Waals surface area contributed by atoms with Gasteiger partial charge in [-0.2, -0.15) is 0 Å². The SMILES string of the molecule is CCNC(=NCCCN1CCCN(C)CC1)NCCc1ccccc1F.I. The molecule has 0 bridgehead atoms. The van der Waals surface area contributed by atoms with Gasteiger partial charge in [0.1, 0.15) is 5.82 Å². The van der Waals surface area contributed by atoms with Gasteiger partial charge in [-0.3, -0.25) is 4.99 Å². The molecule has 0 amide bonds. The third-order valence-corrected chi connectivity index (χ3v) is 4.70. The topological polar surface area (TPSA) is 42.9 Å². The van der Waals surface area contributed by atoms with Crippen molar-refractivity contribution in [3.63, 3.8) is 0 Å². The number of halogens is 2. The molecule has 1 saturated heterocycles. The summed E-state index contributed by atoms with van der Waals surface area (Å²) < 4.78 is 13.7. The molecule has 154 valence electrons. The fourth-order valence-corrected chi connectivity index (χ4v) is 3.17. The lowest BCUT2D eigenvalue weighted by Crippen LogP contribution is -2.38. The molecule has 0 atom stereocenters. The highest BCUT2D eigenvalue weighted by atomic mass is 127. The molecule has 1 aromatic rings. The Balaban J connectivity index is 0.00000364. The monoisotopic (exact) mass is 491 g/mol. The molecule has 2 rings (SSSR count). The zero-order valence-corrected chi connectivity index (χ0v) is 19.0. The largest absolute Gasteiger partial charge is 0.357 e. The quantitative estimate of drug-likeness (QED) is 0.254. The van der Waals surface area contributed by atoms with E-state index < -0.39 is 0 Å². The molecule has 0 radical (unpaired) electrons. The van der Waals surface area contributed by atoms with Gasteiger partial charge in [0.25, 0.3) is 0 Å². The van der Waals surface area contributed by atoms with Crippen LogP contribution in [0.4, 0.5) is 4.39 Å². The lowest BCUT2D eigenvalue weighted by molar-refractivity contribution is 0.275. The van der Waals surface area contributed by atoms with E-state index in [1.54, 1.807) is 6.07 Å². The third-order valence-electron chi connectivity index (χ3n) is 4.70. The Morgan fingerprint density at radius 1 is 1.15 bits per heavy atom. The van der Waals surface area contributed by atoms with Crippen LogP contribution in [0.1, 0.15) is 25.3 Å². The van der Waals surface area contributed by atoms with Crippen molar-refractivity contribution in [2.75, 3.05) is 59.4 Å². The summed E-state index contributed by atoms with van der Waals surface area (Å²) in [5.74, 6) is 0.679. The number of aliphatic imine (C=N–C) groups is 1. The zero-order valence-electron chi connectivity index (χ0n) is 16.7. The molecule has 1 aliphatic heterocycles. The van der Waals surface area contributed by atoms with E-state index in [1.165, 1.54) is 25.6 Å². The van der Waals surface area contributed by atoms with Crippen LogP contribution in [0.15, 0.2) is 29.3 Å². The summed E-state index contributed by atoms with van der Waals surface area (Å²) in [5, 5.41) is 6.57. The predicted octanol–water partition coefficient (Wildman–Crippen LogP) is 2.57. The smallest absolute Gasteiger partial charge is 0.191 e. The van der Waals surface area contributed by atoms with Crippen molar-refractivity contribution in [2.45, 2.75) is 26.2 Å². The molecular formula is C20H35FIN5. The number of guanidine groups is 1. The Morgan fingerprint density at radius 2 is 1.96 bits per heavy atom. The van der Waals surface area contributed by atoms with Gasteiger partial charge in [0.2, 0.25) is 0 Å². The maximum atomic E-state index is 13.7. The minimum absolute atomic E-state index is 0. The zero-order chi connectivity index (χ0) is 18.6. The average molecular weight is 491 g/mol. The third kappa shape index (κ3) is 9.71. The molecule has 7 heteroatoms. The Bertz CT molecular complexity index is 555. The second-order valence-corrected chi connectivity index (χ2v) is 6.88. The Kier molecular flexibility index (Phi) is 12.6. The summed E-state index contributed by atoms with van der Waals surface area (Å²) in [6.45, 7) is 10.2. The second-order valence-electron chi connectivity index (χ2n) is 6.88. The molecule has 1 aliphatic rings. The van der Waals surface area contributed by atoms with E-state index in [9.17, 15) is 4.39 Å². The molecule has 5 nitrogen and oxygen atoms in total. The van der Waals surface area contributed by atoms with Crippen LogP contribution in [0.5, 0.6) is 0 Å². The number of nitrogens with zero attached hydrogens (tertiary/aromatic N) is 3. The number of hydrogen-bond donors (Lipinski definition) is 2. The summed E-state index contributed by atoms with van der Waals surface area (Å²) in [4.78, 5) is 9.60. The van der Waals surface area contributed by atoms with E-state index in [2.05, 4.69) is 39.4 Å². The summed E-state index contributed by atoms with van der Waals surface area (Å²) in [5.41, 5.74) is 0.738. The maximum absolute atomic E-state index is 13.7. The van der Waals surface area contributed by atoms with Gasteiger partial charge in [-0.25, -0.2) is 4.39 Å². The van der Waals surface area contributed by atoms with Gasteiger partial charge in [0, 0.05) is 32.7 Å². The van der Waals surface area contributed by atoms with Crippen LogP contribution < -0.4 is 10.6 Å². The highest BCUT2D eigenvalue weighted by Crippen LogP contribution is 2.06. The molecule has 1 heterocycles. The first kappa shape index (κ1) is 24.1. The second kappa shape index (κ2) is 14.1. The first-order valence-electron chi connectivity index (χ1n) is 9.85. The van der Waals surface area contributed by atoms with E-state index in [1.807, 2.05) is 12.1 Å². The van der Waals surface area contributed by atoms with Crippen molar-refractivity contribution in [1.29, 1.82) is 0 Å². The lowest BCUT2D eigenvalue weighted by Gasteiger charge is -2.19. The standard InChI is InChI=1S/C20H34FN5.HI/c1-3-22-20(24-12-10-18-8-4-5-9-19(18)21)23-11-6-14-26-15-7-13-25(2)16-17-26;/h4-5,8-9H,3,6-7,10-17H2,1-2H3,(H2,22,23,24);1H. The van der Waals surface area contributed by atoms with Crippen molar-refractivity contribution < 1.29 is 4.39 Å². The van der Waals surface area contributed by atoms with E-state index in [0.717, 1.165) is 50.7 Å².